The van der Waals surface area contributed by atoms with E-state index in [0.717, 1.165) is 30.4 Å². The highest BCUT2D eigenvalue weighted by Crippen LogP contribution is 2.48. The van der Waals surface area contributed by atoms with E-state index in [-0.39, 0.29) is 0 Å². The van der Waals surface area contributed by atoms with Crippen molar-refractivity contribution in [3.8, 4) is 22.3 Å². The Bertz CT molecular complexity index is 2580. The lowest BCUT2D eigenvalue weighted by atomic mass is 9.79. The molecule has 6 aromatic carbocycles. The molecule has 10 rings (SSSR count). The van der Waals surface area contributed by atoms with Gasteiger partial charge in [-0.3, -0.25) is 0 Å². The molecule has 3 aliphatic rings. The zero-order valence-electron chi connectivity index (χ0n) is 26.0. The molecule has 222 valence electrons. The van der Waals surface area contributed by atoms with E-state index < -0.39 is 0 Å². The largest absolute Gasteiger partial charge is 0.456 e. The van der Waals surface area contributed by atoms with Crippen LogP contribution in [0.2, 0.25) is 0 Å². The van der Waals surface area contributed by atoms with Crippen molar-refractivity contribution in [2.45, 2.75) is 19.3 Å². The Morgan fingerprint density at radius 3 is 2.28 bits per heavy atom. The Morgan fingerprint density at radius 1 is 0.617 bits per heavy atom. The van der Waals surface area contributed by atoms with Crippen molar-refractivity contribution in [2.75, 3.05) is 0 Å². The zero-order chi connectivity index (χ0) is 30.9. The number of furan rings is 1. The van der Waals surface area contributed by atoms with Gasteiger partial charge in [0.15, 0.2) is 0 Å². The van der Waals surface area contributed by atoms with Crippen molar-refractivity contribution in [1.82, 2.24) is 0 Å². The van der Waals surface area contributed by atoms with E-state index in [2.05, 4.69) is 152 Å². The van der Waals surface area contributed by atoms with Crippen LogP contribution in [0.15, 0.2) is 156 Å². The molecule has 3 aliphatic carbocycles. The van der Waals surface area contributed by atoms with Crippen LogP contribution >= 0.6 is 0 Å². The SMILES string of the molecule is C1=CC2=CC=C(c3ccc(-c4c5c(c(-c6cccc7oc8cc9ccccc9cc8c67)c6ccccc46)CCC=C5)cc3)CC2C=C1. The molecule has 47 heavy (non-hydrogen) atoms. The smallest absolute Gasteiger partial charge is 0.136 e. The first-order chi connectivity index (χ1) is 23.3. The number of rotatable bonds is 3. The number of allylic oxidation sites excluding steroid dienone is 9. The third kappa shape index (κ3) is 4.16. The topological polar surface area (TPSA) is 13.1 Å². The second-order valence-corrected chi connectivity index (χ2v) is 13.1. The van der Waals surface area contributed by atoms with Crippen molar-refractivity contribution in [3.05, 3.63) is 168 Å². The monoisotopic (exact) mass is 600 g/mol. The van der Waals surface area contributed by atoms with Gasteiger partial charge in [-0.15, -0.1) is 0 Å². The summed E-state index contributed by atoms with van der Waals surface area (Å²) in [6, 6.07) is 38.0. The standard InChI is InChI=1S/C46H32O/c1-2-11-32-26-35(25-22-29(32)10-1)30-20-23-31(24-21-30)44-36-14-5-7-16-38(36)45(39-17-8-6-15-37(39)44)40-18-9-19-42-46(40)41-27-33-12-3-4-13-34(33)28-43(41)47-42/h1-7,9-16,18-25,27-28,32H,8,17,26H2. The maximum absolute atomic E-state index is 6.53. The normalized spacial score (nSPS) is 16.9. The van der Waals surface area contributed by atoms with Gasteiger partial charge < -0.3 is 4.42 Å². The van der Waals surface area contributed by atoms with Crippen LogP contribution < -0.4 is 0 Å². The summed E-state index contributed by atoms with van der Waals surface area (Å²) in [7, 11) is 0. The van der Waals surface area contributed by atoms with Crippen LogP contribution in [0.4, 0.5) is 0 Å². The average molecular weight is 601 g/mol. The van der Waals surface area contributed by atoms with Crippen LogP contribution in [0, 0.1) is 5.92 Å². The number of benzene rings is 6. The Kier molecular flexibility index (Phi) is 5.90. The second-order valence-electron chi connectivity index (χ2n) is 13.1. The second kappa shape index (κ2) is 10.4. The first-order valence-electron chi connectivity index (χ1n) is 16.8. The summed E-state index contributed by atoms with van der Waals surface area (Å²) >= 11 is 0. The van der Waals surface area contributed by atoms with E-state index in [9.17, 15) is 0 Å². The fourth-order valence-corrected chi connectivity index (χ4v) is 8.25. The van der Waals surface area contributed by atoms with E-state index >= 15 is 0 Å². The predicted molar refractivity (Wildman–Crippen MR) is 199 cm³/mol. The number of hydrogen-bond donors (Lipinski definition) is 0. The highest BCUT2D eigenvalue weighted by atomic mass is 16.3. The van der Waals surface area contributed by atoms with Crippen molar-refractivity contribution in [3.63, 3.8) is 0 Å². The molecule has 1 aromatic heterocycles. The quantitative estimate of drug-likeness (QED) is 0.197. The lowest BCUT2D eigenvalue weighted by molar-refractivity contribution is 0.669. The summed E-state index contributed by atoms with van der Waals surface area (Å²) in [6.07, 6.45) is 21.3. The van der Waals surface area contributed by atoms with Gasteiger partial charge in [-0.1, -0.05) is 134 Å². The van der Waals surface area contributed by atoms with Crippen molar-refractivity contribution < 1.29 is 4.42 Å². The molecule has 0 bridgehead atoms. The van der Waals surface area contributed by atoms with Gasteiger partial charge in [0.25, 0.3) is 0 Å². The molecule has 1 atom stereocenters. The lowest BCUT2D eigenvalue weighted by Crippen LogP contribution is -2.06. The van der Waals surface area contributed by atoms with Crippen molar-refractivity contribution in [1.29, 1.82) is 0 Å². The zero-order valence-corrected chi connectivity index (χ0v) is 26.0. The average Bonchev–Trinajstić information content (AvgIpc) is 3.50. The van der Waals surface area contributed by atoms with Crippen LogP contribution in [0.25, 0.3) is 77.4 Å². The van der Waals surface area contributed by atoms with E-state index in [1.54, 1.807) is 0 Å². The molecule has 0 N–H and O–H groups in total. The summed E-state index contributed by atoms with van der Waals surface area (Å²) in [5.74, 6) is 0.476. The van der Waals surface area contributed by atoms with Gasteiger partial charge in [0.1, 0.15) is 11.2 Å². The van der Waals surface area contributed by atoms with Crippen LogP contribution in [0.1, 0.15) is 29.5 Å². The van der Waals surface area contributed by atoms with E-state index in [0.29, 0.717) is 5.92 Å². The molecule has 0 amide bonds. The van der Waals surface area contributed by atoms with E-state index in [1.165, 1.54) is 82.4 Å². The first-order valence-corrected chi connectivity index (χ1v) is 16.8. The molecule has 0 aliphatic heterocycles. The molecule has 0 spiro atoms. The maximum Gasteiger partial charge on any atom is 0.136 e. The molecule has 0 saturated carbocycles. The van der Waals surface area contributed by atoms with E-state index in [4.69, 9.17) is 4.42 Å². The van der Waals surface area contributed by atoms with Gasteiger partial charge in [0.2, 0.25) is 0 Å². The molecule has 1 nitrogen and oxygen atoms in total. The molecular formula is C46H32O. The van der Waals surface area contributed by atoms with Gasteiger partial charge >= 0.3 is 0 Å². The Balaban J connectivity index is 1.18. The highest BCUT2D eigenvalue weighted by molar-refractivity contribution is 6.20. The van der Waals surface area contributed by atoms with Gasteiger partial charge in [0.05, 0.1) is 0 Å². The molecule has 1 unspecified atom stereocenters. The van der Waals surface area contributed by atoms with Gasteiger partial charge in [-0.2, -0.15) is 0 Å². The summed E-state index contributed by atoms with van der Waals surface area (Å²) in [5, 5.41) is 7.41. The van der Waals surface area contributed by atoms with Crippen molar-refractivity contribution in [2.24, 2.45) is 5.92 Å². The predicted octanol–water partition coefficient (Wildman–Crippen LogP) is 12.6. The Morgan fingerprint density at radius 2 is 1.40 bits per heavy atom. The van der Waals surface area contributed by atoms with Crippen molar-refractivity contribution >= 4 is 55.1 Å². The summed E-state index contributed by atoms with van der Waals surface area (Å²) in [4.78, 5) is 0. The Labute approximate surface area is 274 Å². The Hall–Kier alpha value is -5.66. The fourth-order valence-electron chi connectivity index (χ4n) is 8.25. The van der Waals surface area contributed by atoms with Gasteiger partial charge in [-0.05, 0) is 109 Å². The number of hydrogen-bond acceptors (Lipinski definition) is 1. The van der Waals surface area contributed by atoms with Crippen LogP contribution in [0.3, 0.4) is 0 Å². The van der Waals surface area contributed by atoms with Gasteiger partial charge in [-0.25, -0.2) is 0 Å². The molecule has 0 radical (unpaired) electrons. The van der Waals surface area contributed by atoms with Crippen LogP contribution in [-0.4, -0.2) is 0 Å². The molecular weight excluding hydrogens is 569 g/mol. The fraction of sp³-hybridized carbons (Fsp3) is 0.0870. The summed E-state index contributed by atoms with van der Waals surface area (Å²) in [5.41, 5.74) is 14.0. The molecule has 0 saturated heterocycles. The minimum atomic E-state index is 0.476. The minimum absolute atomic E-state index is 0.476. The summed E-state index contributed by atoms with van der Waals surface area (Å²) < 4.78 is 6.53. The highest BCUT2D eigenvalue weighted by Gasteiger charge is 2.24. The third-order valence-electron chi connectivity index (χ3n) is 10.5. The van der Waals surface area contributed by atoms with Crippen LogP contribution in [-0.2, 0) is 6.42 Å². The maximum atomic E-state index is 6.53. The summed E-state index contributed by atoms with van der Waals surface area (Å²) in [6.45, 7) is 0. The van der Waals surface area contributed by atoms with Crippen LogP contribution in [0.5, 0.6) is 0 Å². The molecule has 7 aromatic rings. The number of fused-ring (bicyclic) bond motifs is 7. The molecule has 0 fully saturated rings. The lowest BCUT2D eigenvalue weighted by Gasteiger charge is -2.25. The molecule has 1 heteroatoms. The third-order valence-corrected chi connectivity index (χ3v) is 10.5. The van der Waals surface area contributed by atoms with E-state index in [1.807, 2.05) is 0 Å². The molecule has 1 heterocycles. The first kappa shape index (κ1) is 26.5. The minimum Gasteiger partial charge on any atom is -0.456 e. The van der Waals surface area contributed by atoms with Gasteiger partial charge in [0, 0.05) is 16.7 Å².